The molecule has 2 aromatic heterocycles. The van der Waals surface area contributed by atoms with E-state index in [2.05, 4.69) is 18.2 Å². The summed E-state index contributed by atoms with van der Waals surface area (Å²) < 4.78 is 91.4. The Bertz CT molecular complexity index is 3670. The van der Waals surface area contributed by atoms with Gasteiger partial charge in [0.1, 0.15) is 6.07 Å². The van der Waals surface area contributed by atoms with Crippen molar-refractivity contribution in [1.29, 1.82) is 15.8 Å². The third-order valence-corrected chi connectivity index (χ3v) is 11.7. The number of nitrogens with zero attached hydrogens (tertiary/aromatic N) is 5. The fraction of sp³-hybridized carbons (Fsp3) is 0.0377. The minimum absolute atomic E-state index is 0.0204. The smallest absolute Gasteiger partial charge is 0.309 e. The third-order valence-electron chi connectivity index (χ3n) is 11.7. The Morgan fingerprint density at radius 1 is 0.344 bits per heavy atom. The van der Waals surface area contributed by atoms with E-state index in [-0.39, 0.29) is 34.1 Å². The Morgan fingerprint density at radius 3 is 1.23 bits per heavy atom. The topological polar surface area (TPSA) is 81.2 Å². The van der Waals surface area contributed by atoms with Crippen LogP contribution in [-0.4, -0.2) is 9.13 Å². The van der Waals surface area contributed by atoms with Crippen molar-refractivity contribution in [1.82, 2.24) is 9.13 Å². The molecule has 11 heteroatoms. The van der Waals surface area contributed by atoms with Gasteiger partial charge in [0, 0.05) is 27.1 Å². The number of benzene rings is 8. The highest BCUT2D eigenvalue weighted by molar-refractivity contribution is 6.12. The van der Waals surface area contributed by atoms with E-state index in [1.165, 1.54) is 12.1 Å². The largest absolute Gasteiger partial charge is 0.416 e. The van der Waals surface area contributed by atoms with Gasteiger partial charge >= 0.3 is 12.4 Å². The maximum atomic E-state index is 14.6. The molecule has 0 atom stereocenters. The zero-order valence-electron chi connectivity index (χ0n) is 33.1. The summed E-state index contributed by atoms with van der Waals surface area (Å²) in [6.07, 6.45) is -10.3. The highest BCUT2D eigenvalue weighted by Gasteiger charge is 2.37. The minimum atomic E-state index is -5.15. The van der Waals surface area contributed by atoms with E-state index in [0.717, 1.165) is 21.5 Å². The van der Waals surface area contributed by atoms with Crippen LogP contribution in [0, 0.1) is 34.0 Å². The van der Waals surface area contributed by atoms with E-state index in [1.807, 2.05) is 72.8 Å². The zero-order chi connectivity index (χ0) is 44.5. The first kappa shape index (κ1) is 39.5. The molecule has 0 bridgehead atoms. The van der Waals surface area contributed by atoms with Crippen molar-refractivity contribution in [2.24, 2.45) is 0 Å². The number of hydrogen-bond donors (Lipinski definition) is 0. The molecule has 10 rings (SSSR count). The van der Waals surface area contributed by atoms with Gasteiger partial charge in [0.25, 0.3) is 0 Å². The molecule has 0 N–H and O–H groups in total. The summed E-state index contributed by atoms with van der Waals surface area (Å²) in [5, 5.41) is 34.0. The number of alkyl halides is 6. The van der Waals surface area contributed by atoms with E-state index < -0.39 is 23.5 Å². The number of rotatable bonds is 5. The number of aromatic nitrogens is 2. The molecule has 0 radical (unpaired) electrons. The fourth-order valence-electron chi connectivity index (χ4n) is 8.84. The molecule has 0 spiro atoms. The van der Waals surface area contributed by atoms with E-state index in [1.54, 1.807) is 69.8 Å². The zero-order valence-corrected chi connectivity index (χ0v) is 33.1. The van der Waals surface area contributed by atoms with Crippen LogP contribution >= 0.6 is 0 Å². The van der Waals surface area contributed by atoms with Crippen LogP contribution in [0.2, 0.25) is 0 Å². The van der Waals surface area contributed by atoms with Gasteiger partial charge < -0.3 is 9.13 Å². The molecule has 0 unspecified atom stereocenters. The van der Waals surface area contributed by atoms with Crippen LogP contribution in [0.15, 0.2) is 164 Å². The predicted molar refractivity (Wildman–Crippen MR) is 236 cm³/mol. The van der Waals surface area contributed by atoms with Crippen molar-refractivity contribution in [3.05, 3.63) is 192 Å². The normalized spacial score (nSPS) is 11.9. The van der Waals surface area contributed by atoms with E-state index >= 15 is 0 Å². The van der Waals surface area contributed by atoms with Crippen molar-refractivity contribution >= 4 is 43.6 Å². The van der Waals surface area contributed by atoms with E-state index in [0.29, 0.717) is 67.6 Å². The second kappa shape index (κ2) is 14.8. The van der Waals surface area contributed by atoms with Gasteiger partial charge in [-0.05, 0) is 94.5 Å². The van der Waals surface area contributed by atoms with Gasteiger partial charge in [0.2, 0.25) is 0 Å². The molecule has 64 heavy (non-hydrogen) atoms. The highest BCUT2D eigenvalue weighted by atomic mass is 19.4. The Labute approximate surface area is 360 Å². The molecule has 2 heterocycles. The summed E-state index contributed by atoms with van der Waals surface area (Å²) in [7, 11) is 0. The lowest BCUT2D eigenvalue weighted by molar-refractivity contribution is -0.143. The van der Waals surface area contributed by atoms with Crippen LogP contribution in [0.1, 0.15) is 27.8 Å². The molecule has 0 aliphatic carbocycles. The summed E-state index contributed by atoms with van der Waals surface area (Å²) in [6, 6.07) is 51.1. The SMILES string of the molecule is N#Cc1ccccc1-c1ccc2c3ccccc3n(-c3cc(-c4cc(C(F)(F)F)cc(C(F)(F)F)c4)c(-n4c5ccccc5c5ccc(-c6ccccc6C#N)cc54)cc3C#N)c2c1. The standard InChI is InChI=1S/C53H27F6N5/c54-52(55,56)37-21-35(22-38(26-37)53(57,58)59)45-27-48(63-46-15-7-5-13-41(46)43-19-17-31(23-49(43)63)39-11-3-1-9-33(39)28-60)36(30-62)25-51(45)64-47-16-8-6-14-42(47)44-20-18-32(24-50(44)64)40-12-4-2-10-34(40)29-61/h1-27H. The second-order valence-corrected chi connectivity index (χ2v) is 15.3. The van der Waals surface area contributed by atoms with Crippen molar-refractivity contribution in [2.45, 2.75) is 12.4 Å². The Hall–Kier alpha value is -8.59. The van der Waals surface area contributed by atoms with E-state index in [4.69, 9.17) is 0 Å². The van der Waals surface area contributed by atoms with Crippen LogP contribution in [0.5, 0.6) is 0 Å². The van der Waals surface area contributed by atoms with Crippen LogP contribution < -0.4 is 0 Å². The second-order valence-electron chi connectivity index (χ2n) is 15.3. The van der Waals surface area contributed by atoms with Crippen LogP contribution in [0.25, 0.3) is 88.4 Å². The van der Waals surface area contributed by atoms with Crippen molar-refractivity contribution < 1.29 is 26.3 Å². The minimum Gasteiger partial charge on any atom is -0.309 e. The van der Waals surface area contributed by atoms with Gasteiger partial charge in [-0.2, -0.15) is 42.1 Å². The molecule has 0 fully saturated rings. The molecular formula is C53H27F6N5. The summed E-state index contributed by atoms with van der Waals surface area (Å²) in [4.78, 5) is 0. The lowest BCUT2D eigenvalue weighted by Crippen LogP contribution is -2.11. The van der Waals surface area contributed by atoms with Crippen molar-refractivity contribution in [3.63, 3.8) is 0 Å². The number of halogens is 6. The van der Waals surface area contributed by atoms with Gasteiger partial charge in [0.05, 0.1) is 73.4 Å². The molecule has 8 aromatic carbocycles. The third kappa shape index (κ3) is 6.40. The average molecular weight is 848 g/mol. The maximum Gasteiger partial charge on any atom is 0.416 e. The van der Waals surface area contributed by atoms with Crippen LogP contribution in [0.3, 0.4) is 0 Å². The Kier molecular flexibility index (Phi) is 9.14. The van der Waals surface area contributed by atoms with Crippen molar-refractivity contribution in [2.75, 3.05) is 0 Å². The molecule has 0 amide bonds. The quantitative estimate of drug-likeness (QED) is 0.162. The predicted octanol–water partition coefficient (Wildman–Crippen LogP) is 14.5. The van der Waals surface area contributed by atoms with E-state index in [9.17, 15) is 42.1 Å². The number of fused-ring (bicyclic) bond motifs is 6. The first-order chi connectivity index (χ1) is 30.9. The molecule has 10 aromatic rings. The lowest BCUT2D eigenvalue weighted by Gasteiger charge is -2.21. The van der Waals surface area contributed by atoms with Gasteiger partial charge in [-0.15, -0.1) is 0 Å². The lowest BCUT2D eigenvalue weighted by atomic mass is 9.95. The van der Waals surface area contributed by atoms with Gasteiger partial charge in [0.15, 0.2) is 0 Å². The molecule has 0 aliphatic heterocycles. The molecule has 306 valence electrons. The monoisotopic (exact) mass is 847 g/mol. The molecule has 0 saturated heterocycles. The summed E-state index contributed by atoms with van der Waals surface area (Å²) in [5.74, 6) is 0. The van der Waals surface area contributed by atoms with Crippen LogP contribution in [-0.2, 0) is 12.4 Å². The molecule has 0 saturated carbocycles. The summed E-state index contributed by atoms with van der Waals surface area (Å²) in [5.41, 5.74) is 2.74. The molecule has 5 nitrogen and oxygen atoms in total. The first-order valence-corrected chi connectivity index (χ1v) is 19.8. The summed E-state index contributed by atoms with van der Waals surface area (Å²) in [6.45, 7) is 0. The van der Waals surface area contributed by atoms with Gasteiger partial charge in [-0.3, -0.25) is 0 Å². The van der Waals surface area contributed by atoms with Crippen LogP contribution in [0.4, 0.5) is 26.3 Å². The Morgan fingerprint density at radius 2 is 0.766 bits per heavy atom. The maximum absolute atomic E-state index is 14.6. The average Bonchev–Trinajstić information content (AvgIpc) is 3.82. The number of hydrogen-bond acceptors (Lipinski definition) is 3. The first-order valence-electron chi connectivity index (χ1n) is 19.8. The Balaban J connectivity index is 1.35. The molecule has 0 aliphatic rings. The number of para-hydroxylation sites is 2. The molecular weight excluding hydrogens is 821 g/mol. The fourth-order valence-corrected chi connectivity index (χ4v) is 8.84. The van der Waals surface area contributed by atoms with Gasteiger partial charge in [-0.25, -0.2) is 0 Å². The summed E-state index contributed by atoms with van der Waals surface area (Å²) >= 11 is 0. The van der Waals surface area contributed by atoms with Gasteiger partial charge in [-0.1, -0.05) is 97.1 Å². The number of nitriles is 3. The highest BCUT2D eigenvalue weighted by Crippen LogP contribution is 2.45. The van der Waals surface area contributed by atoms with Crippen molar-refractivity contribution in [3.8, 4) is 63.0 Å².